The Kier molecular flexibility index (Phi) is 55.0. The van der Waals surface area contributed by atoms with E-state index >= 15 is 0 Å². The summed E-state index contributed by atoms with van der Waals surface area (Å²) in [6.45, 7) is 4.24. The monoisotopic (exact) mass is 1100 g/mol. The maximum atomic E-state index is 12.9. The Hall–Kier alpha value is -4.64. The van der Waals surface area contributed by atoms with E-state index in [4.69, 9.17) is 23.3 Å². The van der Waals surface area contributed by atoms with Gasteiger partial charge in [-0.25, -0.2) is 4.57 Å². The Morgan fingerprint density at radius 1 is 0.372 bits per heavy atom. The number of phosphoric acid groups is 1. The third-order valence-corrected chi connectivity index (χ3v) is 12.7. The standard InChI is InChI=1S/C66H105O11P/c1-4-7-10-13-16-19-22-25-28-31-34-37-40-43-46-49-52-55-64(68)73-59-63(77-66(70)57-54-51-48-45-42-39-36-33-30-27-24-21-18-15-12-9-6-3)61-75-78(71,72)74-60-62(58-67)76-65(69)56-53-50-47-44-41-38-35-32-29-26-23-20-17-14-11-8-5-2/h7,9-10,12,16-21,25-30,34,36-37,39,43,45-46,48,62-63,67H,4-6,8,11,13-15,22-24,31-33,35,38,40-42,44,47,49-61H2,1-3H3,(H,71,72)/b10-7-,12-9-,19-16-,20-17-,21-18-,28-25-,29-26-,30-27-,37-34-,39-36-,46-43-,48-45-. The zero-order chi connectivity index (χ0) is 56.9. The third kappa shape index (κ3) is 56.1. The first-order chi connectivity index (χ1) is 38.2. The van der Waals surface area contributed by atoms with Gasteiger partial charge in [-0.1, -0.05) is 212 Å². The molecule has 78 heavy (non-hydrogen) atoms. The molecule has 0 rings (SSSR count). The zero-order valence-electron chi connectivity index (χ0n) is 48.6. The lowest BCUT2D eigenvalue weighted by molar-refractivity contribution is -0.161. The van der Waals surface area contributed by atoms with Gasteiger partial charge in [0.2, 0.25) is 0 Å². The van der Waals surface area contributed by atoms with E-state index in [1.807, 2.05) is 18.2 Å². The summed E-state index contributed by atoms with van der Waals surface area (Å²) in [6, 6.07) is 0. The number of carbonyl (C=O) groups is 3. The molecule has 0 aromatic heterocycles. The lowest BCUT2D eigenvalue weighted by Crippen LogP contribution is -2.30. The fraction of sp³-hybridized carbons (Fsp3) is 0.591. The van der Waals surface area contributed by atoms with Crippen LogP contribution in [0.1, 0.15) is 213 Å². The predicted octanol–water partition coefficient (Wildman–Crippen LogP) is 17.9. The molecule has 0 aliphatic heterocycles. The summed E-state index contributed by atoms with van der Waals surface area (Å²) in [4.78, 5) is 48.6. The third-order valence-electron chi connectivity index (χ3n) is 11.7. The number of aliphatic hydroxyl groups is 1. The highest BCUT2D eigenvalue weighted by atomic mass is 31.2. The van der Waals surface area contributed by atoms with E-state index < -0.39 is 64.4 Å². The average molecular weight is 1110 g/mol. The Labute approximate surface area is 473 Å². The largest absolute Gasteiger partial charge is 0.472 e. The molecule has 0 aliphatic carbocycles. The van der Waals surface area contributed by atoms with Crippen LogP contribution in [-0.2, 0) is 42.2 Å². The smallest absolute Gasteiger partial charge is 0.462 e. The summed E-state index contributed by atoms with van der Waals surface area (Å²) < 4.78 is 39.4. The van der Waals surface area contributed by atoms with Gasteiger partial charge >= 0.3 is 25.7 Å². The molecule has 0 saturated carbocycles. The summed E-state index contributed by atoms with van der Waals surface area (Å²) in [5.74, 6) is -1.63. The molecule has 3 atom stereocenters. The van der Waals surface area contributed by atoms with Crippen molar-refractivity contribution in [2.75, 3.05) is 26.4 Å². The second-order valence-electron chi connectivity index (χ2n) is 19.0. The fourth-order valence-corrected chi connectivity index (χ4v) is 8.06. The Balaban J connectivity index is 4.89. The van der Waals surface area contributed by atoms with Crippen molar-refractivity contribution in [1.82, 2.24) is 0 Å². The van der Waals surface area contributed by atoms with Gasteiger partial charge in [0.05, 0.1) is 19.8 Å². The van der Waals surface area contributed by atoms with Crippen LogP contribution in [0.25, 0.3) is 0 Å². The van der Waals surface area contributed by atoms with Crippen molar-refractivity contribution >= 4 is 25.7 Å². The maximum absolute atomic E-state index is 12.9. The second kappa shape index (κ2) is 58.5. The van der Waals surface area contributed by atoms with Crippen LogP contribution in [0.5, 0.6) is 0 Å². The van der Waals surface area contributed by atoms with E-state index in [1.165, 1.54) is 38.5 Å². The molecule has 0 saturated heterocycles. The highest BCUT2D eigenvalue weighted by Gasteiger charge is 2.28. The summed E-state index contributed by atoms with van der Waals surface area (Å²) in [5.41, 5.74) is 0. The van der Waals surface area contributed by atoms with E-state index in [2.05, 4.69) is 148 Å². The van der Waals surface area contributed by atoms with E-state index in [-0.39, 0.29) is 19.3 Å². The lowest BCUT2D eigenvalue weighted by atomic mass is 10.1. The molecular weight excluding hydrogens is 1000 g/mol. The Bertz CT molecular complexity index is 1860. The zero-order valence-corrected chi connectivity index (χ0v) is 49.5. The minimum Gasteiger partial charge on any atom is -0.462 e. The van der Waals surface area contributed by atoms with E-state index in [0.29, 0.717) is 32.1 Å². The molecule has 0 fully saturated rings. The van der Waals surface area contributed by atoms with Crippen LogP contribution in [0.2, 0.25) is 0 Å². The molecule has 3 unspecified atom stereocenters. The van der Waals surface area contributed by atoms with Crippen LogP contribution in [0, 0.1) is 0 Å². The number of hydrogen-bond acceptors (Lipinski definition) is 10. The fourth-order valence-electron chi connectivity index (χ4n) is 7.28. The molecule has 12 heteroatoms. The van der Waals surface area contributed by atoms with Crippen molar-refractivity contribution in [3.63, 3.8) is 0 Å². The maximum Gasteiger partial charge on any atom is 0.472 e. The van der Waals surface area contributed by atoms with Gasteiger partial charge in [-0.3, -0.25) is 23.4 Å². The van der Waals surface area contributed by atoms with Crippen LogP contribution in [0.4, 0.5) is 0 Å². The van der Waals surface area contributed by atoms with Gasteiger partial charge in [0.15, 0.2) is 6.10 Å². The number of carbonyl (C=O) groups excluding carboxylic acids is 3. The molecule has 11 nitrogen and oxygen atoms in total. The van der Waals surface area contributed by atoms with Crippen LogP contribution in [0.15, 0.2) is 146 Å². The first kappa shape index (κ1) is 73.4. The minimum absolute atomic E-state index is 0.0682. The molecule has 2 N–H and O–H groups in total. The van der Waals surface area contributed by atoms with Crippen molar-refractivity contribution in [2.24, 2.45) is 0 Å². The van der Waals surface area contributed by atoms with Gasteiger partial charge in [0.25, 0.3) is 0 Å². The summed E-state index contributed by atoms with van der Waals surface area (Å²) in [6.07, 6.45) is 75.3. The number of hydrogen-bond donors (Lipinski definition) is 2. The summed E-state index contributed by atoms with van der Waals surface area (Å²) >= 11 is 0. The van der Waals surface area contributed by atoms with Gasteiger partial charge in [-0.05, 0) is 128 Å². The molecule has 0 amide bonds. The quantitative estimate of drug-likeness (QED) is 0.0197. The molecular formula is C66H105O11P. The molecule has 440 valence electrons. The minimum atomic E-state index is -4.79. The molecule has 0 aromatic carbocycles. The van der Waals surface area contributed by atoms with Crippen molar-refractivity contribution < 1.29 is 52.2 Å². The molecule has 0 heterocycles. The summed E-state index contributed by atoms with van der Waals surface area (Å²) in [5, 5.41) is 9.83. The van der Waals surface area contributed by atoms with Gasteiger partial charge in [-0.15, -0.1) is 0 Å². The predicted molar refractivity (Wildman–Crippen MR) is 325 cm³/mol. The van der Waals surface area contributed by atoms with Gasteiger partial charge < -0.3 is 24.2 Å². The van der Waals surface area contributed by atoms with Crippen molar-refractivity contribution in [2.45, 2.75) is 226 Å². The SMILES string of the molecule is CC/C=C\C/C=C\C/C=C\C/C=C\C/C=C\CCCC(=O)OCC(COP(=O)(O)OCC(CO)OC(=O)CCCCCCCCC/C=C\C/C=C\CCCCC)OC(=O)CCC/C=C\C/C=C\C/C=C\C/C=C\C/C=C\CC. The Morgan fingerprint density at radius 3 is 1.08 bits per heavy atom. The number of esters is 3. The van der Waals surface area contributed by atoms with Crippen molar-refractivity contribution in [3.8, 4) is 0 Å². The van der Waals surface area contributed by atoms with E-state index in [9.17, 15) is 28.9 Å². The topological polar surface area (TPSA) is 155 Å². The number of phosphoric ester groups is 1. The number of unbranched alkanes of at least 4 members (excludes halogenated alkanes) is 12. The van der Waals surface area contributed by atoms with E-state index in [0.717, 1.165) is 103 Å². The van der Waals surface area contributed by atoms with Crippen LogP contribution in [0.3, 0.4) is 0 Å². The Morgan fingerprint density at radius 2 is 0.679 bits per heavy atom. The van der Waals surface area contributed by atoms with Crippen LogP contribution < -0.4 is 0 Å². The number of ether oxygens (including phenoxy) is 3. The first-order valence-corrected chi connectivity index (χ1v) is 31.2. The van der Waals surface area contributed by atoms with Gasteiger partial charge in [0.1, 0.15) is 12.7 Å². The lowest BCUT2D eigenvalue weighted by Gasteiger charge is -2.21. The molecule has 0 bridgehead atoms. The number of aliphatic hydroxyl groups excluding tert-OH is 1. The van der Waals surface area contributed by atoms with Gasteiger partial charge in [0, 0.05) is 19.3 Å². The summed E-state index contributed by atoms with van der Waals surface area (Å²) in [7, 11) is -4.79. The van der Waals surface area contributed by atoms with E-state index in [1.54, 1.807) is 0 Å². The van der Waals surface area contributed by atoms with Crippen LogP contribution >= 0.6 is 7.82 Å². The van der Waals surface area contributed by atoms with Crippen molar-refractivity contribution in [3.05, 3.63) is 146 Å². The van der Waals surface area contributed by atoms with Crippen molar-refractivity contribution in [1.29, 1.82) is 0 Å². The number of rotatable bonds is 53. The van der Waals surface area contributed by atoms with Gasteiger partial charge in [-0.2, -0.15) is 0 Å². The average Bonchev–Trinajstić information content (AvgIpc) is 3.43. The molecule has 0 aliphatic rings. The molecule has 0 aromatic rings. The first-order valence-electron chi connectivity index (χ1n) is 29.7. The van der Waals surface area contributed by atoms with Crippen LogP contribution in [-0.4, -0.2) is 66.5 Å². The highest BCUT2D eigenvalue weighted by Crippen LogP contribution is 2.43. The second-order valence-corrected chi connectivity index (χ2v) is 20.5. The highest BCUT2D eigenvalue weighted by molar-refractivity contribution is 7.47. The number of allylic oxidation sites excluding steroid dienone is 24. The molecule has 0 spiro atoms. The normalized spacial score (nSPS) is 14.4. The molecule has 0 radical (unpaired) electrons.